The minimum Gasteiger partial charge on any atom is -0.494 e. The molecule has 5 aromatic rings. The summed E-state index contributed by atoms with van der Waals surface area (Å²) in [6.07, 6.45) is 3.54. The highest BCUT2D eigenvalue weighted by molar-refractivity contribution is 9.10. The van der Waals surface area contributed by atoms with Gasteiger partial charge in [0, 0.05) is 20.7 Å². The first-order chi connectivity index (χ1) is 24.3. The zero-order valence-corrected chi connectivity index (χ0v) is 29.6. The molecule has 0 radical (unpaired) electrons. The van der Waals surface area contributed by atoms with Crippen LogP contribution in [0, 0.1) is 5.82 Å². The van der Waals surface area contributed by atoms with E-state index in [9.17, 15) is 18.8 Å². The van der Waals surface area contributed by atoms with Gasteiger partial charge < -0.3 is 20.7 Å². The molecule has 0 saturated carbocycles. The third-order valence-electron chi connectivity index (χ3n) is 7.39. The van der Waals surface area contributed by atoms with Crippen LogP contribution >= 0.6 is 27.7 Å². The van der Waals surface area contributed by atoms with Crippen molar-refractivity contribution < 1.29 is 23.5 Å². The summed E-state index contributed by atoms with van der Waals surface area (Å²) in [7, 11) is 0. The number of carbonyl (C=O) groups excluding carboxylic acids is 3. The van der Waals surface area contributed by atoms with E-state index >= 15 is 0 Å². The van der Waals surface area contributed by atoms with Gasteiger partial charge in [0.15, 0.2) is 0 Å². The highest BCUT2D eigenvalue weighted by Gasteiger charge is 2.23. The van der Waals surface area contributed by atoms with E-state index < -0.39 is 22.9 Å². The van der Waals surface area contributed by atoms with Crippen molar-refractivity contribution in [3.8, 4) is 5.75 Å². The van der Waals surface area contributed by atoms with Crippen molar-refractivity contribution >= 4 is 62.9 Å². The Morgan fingerprint density at radius 1 is 0.800 bits per heavy atom. The summed E-state index contributed by atoms with van der Waals surface area (Å²) in [6.45, 7) is 2.75. The molecule has 0 aliphatic rings. The molecule has 3 N–H and O–H groups in total. The number of hydrogen-bond acceptors (Lipinski definition) is 5. The number of unbranched alkanes of at least 4 members (excludes halogenated alkanes) is 1. The fourth-order valence-electron chi connectivity index (χ4n) is 4.75. The molecule has 0 fully saturated rings. The minimum absolute atomic E-state index is 0.0691. The summed E-state index contributed by atoms with van der Waals surface area (Å²) < 4.78 is 20.9. The van der Waals surface area contributed by atoms with Gasteiger partial charge in [-0.25, -0.2) is 4.39 Å². The molecule has 0 saturated heterocycles. The quantitative estimate of drug-likeness (QED) is 0.0597. The Balaban J connectivity index is 1.29. The molecular formula is C40H35BrFN3O4S. The number of halogens is 2. The number of hydrogen-bond donors (Lipinski definition) is 3. The first-order valence-corrected chi connectivity index (χ1v) is 17.7. The van der Waals surface area contributed by atoms with E-state index in [1.165, 1.54) is 36.0 Å². The second-order valence-electron chi connectivity index (χ2n) is 11.1. The van der Waals surface area contributed by atoms with Crippen molar-refractivity contribution in [3.05, 3.63) is 160 Å². The number of nitrogens with one attached hydrogen (secondary N) is 3. The van der Waals surface area contributed by atoms with Crippen LogP contribution in [0.5, 0.6) is 5.75 Å². The molecule has 5 aromatic carbocycles. The normalized spacial score (nSPS) is 11.7. The molecule has 0 aromatic heterocycles. The summed E-state index contributed by atoms with van der Waals surface area (Å²) >= 11 is 4.76. The molecule has 1 atom stereocenters. The Labute approximate surface area is 303 Å². The largest absolute Gasteiger partial charge is 0.494 e. The van der Waals surface area contributed by atoms with E-state index in [1.807, 2.05) is 66.7 Å². The van der Waals surface area contributed by atoms with Crippen LogP contribution in [0.1, 0.15) is 46.5 Å². The van der Waals surface area contributed by atoms with Crippen LogP contribution < -0.4 is 20.7 Å². The van der Waals surface area contributed by atoms with Gasteiger partial charge in [-0.2, -0.15) is 0 Å². The summed E-state index contributed by atoms with van der Waals surface area (Å²) in [4.78, 5) is 40.8. The smallest absolute Gasteiger partial charge is 0.272 e. The van der Waals surface area contributed by atoms with Gasteiger partial charge in [0.2, 0.25) is 5.91 Å². The number of anilines is 2. The Kier molecular flexibility index (Phi) is 13.0. The fraction of sp³-hybridized carbons (Fsp3) is 0.125. The maximum absolute atomic E-state index is 14.3. The van der Waals surface area contributed by atoms with Crippen molar-refractivity contribution in [3.63, 3.8) is 0 Å². The van der Waals surface area contributed by atoms with E-state index in [0.717, 1.165) is 33.5 Å². The van der Waals surface area contributed by atoms with Crippen molar-refractivity contribution in [2.45, 2.75) is 29.9 Å². The standard InChI is InChI=1S/C40H35BrFN3O4S/c1-2-3-25-49-32-21-17-30(18-22-32)44-40(48)37(28-9-5-4-6-10-28)50-33-23-19-31(20-24-33)43-39(47)36(26-27-13-15-29(41)16-14-27)45-38(46)34-11-7-8-12-35(34)42/h4-24,26,37H,2-3,25H2,1H3,(H,43,47)(H,44,48)(H,45,46)/b36-26+/t37-/m1/s1. The number of thioether (sulfide) groups is 1. The van der Waals surface area contributed by atoms with Crippen molar-refractivity contribution in [2.24, 2.45) is 0 Å². The van der Waals surface area contributed by atoms with Gasteiger partial charge in [-0.05, 0) is 96.4 Å². The summed E-state index contributed by atoms with van der Waals surface area (Å²) in [5.74, 6) is -1.49. The van der Waals surface area contributed by atoms with Crippen molar-refractivity contribution in [1.29, 1.82) is 0 Å². The molecule has 0 spiro atoms. The van der Waals surface area contributed by atoms with Crippen LogP contribution in [-0.2, 0) is 9.59 Å². The van der Waals surface area contributed by atoms with Crippen LogP contribution in [0.3, 0.4) is 0 Å². The Morgan fingerprint density at radius 2 is 1.44 bits per heavy atom. The van der Waals surface area contributed by atoms with E-state index in [2.05, 4.69) is 38.8 Å². The third kappa shape index (κ3) is 10.4. The molecular weight excluding hydrogens is 717 g/mol. The van der Waals surface area contributed by atoms with E-state index in [1.54, 1.807) is 42.5 Å². The molecule has 5 rings (SSSR count). The minimum atomic E-state index is -0.755. The average Bonchev–Trinajstić information content (AvgIpc) is 3.13. The van der Waals surface area contributed by atoms with Crippen LogP contribution in [-0.4, -0.2) is 24.3 Å². The van der Waals surface area contributed by atoms with Crippen molar-refractivity contribution in [1.82, 2.24) is 5.32 Å². The van der Waals surface area contributed by atoms with Gasteiger partial charge in [0.25, 0.3) is 11.8 Å². The summed E-state index contributed by atoms with van der Waals surface area (Å²) in [6, 6.07) is 36.6. The summed E-state index contributed by atoms with van der Waals surface area (Å²) in [5, 5.41) is 7.83. The lowest BCUT2D eigenvalue weighted by atomic mass is 10.1. The van der Waals surface area contributed by atoms with Crippen LogP contribution in [0.25, 0.3) is 6.08 Å². The second-order valence-corrected chi connectivity index (χ2v) is 13.2. The molecule has 0 bridgehead atoms. The predicted molar refractivity (Wildman–Crippen MR) is 202 cm³/mol. The lowest BCUT2D eigenvalue weighted by Gasteiger charge is -2.18. The van der Waals surface area contributed by atoms with Gasteiger partial charge in [-0.15, -0.1) is 11.8 Å². The Morgan fingerprint density at radius 3 is 2.12 bits per heavy atom. The van der Waals surface area contributed by atoms with Gasteiger partial charge >= 0.3 is 0 Å². The van der Waals surface area contributed by atoms with Gasteiger partial charge in [0.1, 0.15) is 22.5 Å². The third-order valence-corrected chi connectivity index (χ3v) is 9.18. The van der Waals surface area contributed by atoms with E-state index in [0.29, 0.717) is 23.5 Å². The molecule has 0 unspecified atom stereocenters. The van der Waals surface area contributed by atoms with E-state index in [4.69, 9.17) is 4.74 Å². The number of carbonyl (C=O) groups is 3. The maximum atomic E-state index is 14.3. The SMILES string of the molecule is CCCCOc1ccc(NC(=O)[C@H](Sc2ccc(NC(=O)/C(=C\c3ccc(Br)cc3)NC(=O)c3ccccc3F)cc2)c2ccccc2)cc1. The molecule has 0 aliphatic carbocycles. The second kappa shape index (κ2) is 18.0. The molecule has 3 amide bonds. The fourth-order valence-corrected chi connectivity index (χ4v) is 6.04. The van der Waals surface area contributed by atoms with Gasteiger partial charge in [-0.1, -0.05) is 83.9 Å². The topological polar surface area (TPSA) is 96.5 Å². The number of rotatable bonds is 14. The first-order valence-electron chi connectivity index (χ1n) is 16.0. The molecule has 254 valence electrons. The average molecular weight is 753 g/mol. The zero-order valence-electron chi connectivity index (χ0n) is 27.2. The van der Waals surface area contributed by atoms with Gasteiger partial charge in [-0.3, -0.25) is 14.4 Å². The number of benzene rings is 5. The van der Waals surface area contributed by atoms with Crippen LogP contribution in [0.2, 0.25) is 0 Å². The van der Waals surface area contributed by atoms with Gasteiger partial charge in [0.05, 0.1) is 12.2 Å². The highest BCUT2D eigenvalue weighted by Crippen LogP contribution is 2.37. The molecule has 10 heteroatoms. The predicted octanol–water partition coefficient (Wildman–Crippen LogP) is 9.65. The molecule has 0 heterocycles. The molecule has 0 aliphatic heterocycles. The number of ether oxygens (including phenoxy) is 1. The van der Waals surface area contributed by atoms with Crippen LogP contribution in [0.15, 0.2) is 142 Å². The lowest BCUT2D eigenvalue weighted by Crippen LogP contribution is -2.31. The Bertz CT molecular complexity index is 1940. The molecule has 50 heavy (non-hydrogen) atoms. The Hall–Kier alpha value is -5.19. The van der Waals surface area contributed by atoms with E-state index in [-0.39, 0.29) is 17.2 Å². The highest BCUT2D eigenvalue weighted by atomic mass is 79.9. The number of amides is 3. The monoisotopic (exact) mass is 751 g/mol. The first kappa shape index (κ1) is 36.1. The molecule has 7 nitrogen and oxygen atoms in total. The van der Waals surface area contributed by atoms with Crippen molar-refractivity contribution in [2.75, 3.05) is 17.2 Å². The zero-order chi connectivity index (χ0) is 35.3. The summed E-state index contributed by atoms with van der Waals surface area (Å²) in [5.41, 5.74) is 2.35. The lowest BCUT2D eigenvalue weighted by molar-refractivity contribution is -0.116. The van der Waals surface area contributed by atoms with Crippen LogP contribution in [0.4, 0.5) is 15.8 Å². The maximum Gasteiger partial charge on any atom is 0.272 e.